The van der Waals surface area contributed by atoms with Crippen LogP contribution in [0, 0.1) is 0 Å². The minimum atomic E-state index is -0.980. The first-order valence-electron chi connectivity index (χ1n) is 22.6. The Morgan fingerprint density at radius 2 is 1.57 bits per heavy atom. The molecule has 3 fully saturated rings. The molecule has 1 aromatic heterocycles. The number of aromatic nitrogens is 2. The van der Waals surface area contributed by atoms with Crippen molar-refractivity contribution in [1.82, 2.24) is 30.0 Å². The average molecular weight is 899 g/mol. The molecule has 0 saturated carbocycles. The molecule has 336 valence electrons. The number of hydrogen-bond acceptors (Lipinski definition) is 12. The van der Waals surface area contributed by atoms with Crippen molar-refractivity contribution in [3.8, 4) is 11.5 Å². The van der Waals surface area contributed by atoms with Gasteiger partial charge in [0.1, 0.15) is 29.7 Å². The Balaban J connectivity index is 0.674. The number of halogens is 1. The first kappa shape index (κ1) is 43.8. The van der Waals surface area contributed by atoms with Crippen LogP contribution in [0.1, 0.15) is 100 Å². The van der Waals surface area contributed by atoms with E-state index in [0.29, 0.717) is 70.5 Å². The Morgan fingerprint density at radius 1 is 0.800 bits per heavy atom. The third-order valence-corrected chi connectivity index (χ3v) is 13.4. The number of fused-ring (bicyclic) bond motifs is 2. The van der Waals surface area contributed by atoms with Crippen molar-refractivity contribution in [3.05, 3.63) is 112 Å². The summed E-state index contributed by atoms with van der Waals surface area (Å²) in [6.07, 6.45) is 10.2. The van der Waals surface area contributed by atoms with Gasteiger partial charge in [-0.3, -0.25) is 43.9 Å². The highest BCUT2D eigenvalue weighted by Crippen LogP contribution is 2.37. The molecule has 5 heterocycles. The second-order valence-electron chi connectivity index (χ2n) is 17.2. The number of likely N-dealkylation sites (tertiary alicyclic amines) is 1. The summed E-state index contributed by atoms with van der Waals surface area (Å²) in [7, 11) is 0. The number of allylic oxidation sites excluding steroid dienone is 2. The number of anilines is 2. The quantitative estimate of drug-likeness (QED) is 0.0774. The molecule has 3 aromatic carbocycles. The van der Waals surface area contributed by atoms with Gasteiger partial charge < -0.3 is 19.9 Å². The second-order valence-corrected chi connectivity index (χ2v) is 17.6. The fourth-order valence-corrected chi connectivity index (χ4v) is 9.72. The molecule has 5 aliphatic rings. The molecule has 2 N–H and O–H groups in total. The maximum Gasteiger partial charge on any atom is 0.262 e. The van der Waals surface area contributed by atoms with Gasteiger partial charge >= 0.3 is 0 Å². The lowest BCUT2D eigenvalue weighted by molar-refractivity contribution is -0.136. The van der Waals surface area contributed by atoms with E-state index in [1.165, 1.54) is 6.33 Å². The van der Waals surface area contributed by atoms with Crippen molar-refractivity contribution in [2.75, 3.05) is 56.0 Å². The molecule has 5 amide bonds. The summed E-state index contributed by atoms with van der Waals surface area (Å²) in [4.78, 5) is 94.2. The largest absolute Gasteiger partial charge is 0.457 e. The fraction of sp³-hybridized carbons (Fsp3) is 0.388. The highest BCUT2D eigenvalue weighted by Gasteiger charge is 2.45. The van der Waals surface area contributed by atoms with Gasteiger partial charge in [0.25, 0.3) is 11.8 Å². The van der Waals surface area contributed by atoms with E-state index in [1.54, 1.807) is 30.3 Å². The van der Waals surface area contributed by atoms with Crippen molar-refractivity contribution in [2.45, 2.75) is 76.3 Å². The highest BCUT2D eigenvalue weighted by atomic mass is 35.5. The third kappa shape index (κ3) is 9.52. The molecular formula is C49H51ClN8O7. The van der Waals surface area contributed by atoms with Gasteiger partial charge in [0.05, 0.1) is 21.8 Å². The van der Waals surface area contributed by atoms with Crippen LogP contribution in [-0.4, -0.2) is 118 Å². The number of rotatable bonds is 15. The van der Waals surface area contributed by atoms with Gasteiger partial charge in [-0.2, -0.15) is 0 Å². The molecule has 3 saturated heterocycles. The zero-order valence-electron chi connectivity index (χ0n) is 36.1. The zero-order chi connectivity index (χ0) is 45.0. The summed E-state index contributed by atoms with van der Waals surface area (Å²) in [5.74, 6) is -0.180. The van der Waals surface area contributed by atoms with Crippen LogP contribution in [0.25, 0.3) is 5.57 Å². The molecule has 4 aromatic rings. The SMILES string of the molecule is O=C1CCC(N2C(=O)c3ccc(N4CCN(CCCCCCC(=O)N5CCC(Nc6ncnc7c6C(C(=O)c6ccc(Oc8ccccc8)cc6Cl)=CC7)CC5)CC4)cc3C2=O)C(=O)N1. The highest BCUT2D eigenvalue weighted by molar-refractivity contribution is 6.39. The van der Waals surface area contributed by atoms with Crippen LogP contribution in [0.3, 0.4) is 0 Å². The topological polar surface area (TPSA) is 174 Å². The minimum absolute atomic E-state index is 0.0855. The molecule has 16 heteroatoms. The molecule has 1 unspecified atom stereocenters. The lowest BCUT2D eigenvalue weighted by Crippen LogP contribution is -2.54. The zero-order valence-corrected chi connectivity index (χ0v) is 36.9. The van der Waals surface area contributed by atoms with Crippen molar-refractivity contribution >= 4 is 64.0 Å². The van der Waals surface area contributed by atoms with E-state index in [0.717, 1.165) is 87.5 Å². The van der Waals surface area contributed by atoms with Gasteiger partial charge in [0.15, 0.2) is 5.78 Å². The summed E-state index contributed by atoms with van der Waals surface area (Å²) >= 11 is 6.64. The lowest BCUT2D eigenvalue weighted by Gasteiger charge is -2.36. The number of piperazine rings is 1. The smallest absolute Gasteiger partial charge is 0.262 e. The number of nitrogens with zero attached hydrogens (tertiary/aromatic N) is 6. The van der Waals surface area contributed by atoms with Gasteiger partial charge in [0, 0.05) is 93.0 Å². The van der Waals surface area contributed by atoms with Gasteiger partial charge in [-0.25, -0.2) is 9.97 Å². The standard InChI is InChI=1S/C49H51ClN8O7/c50-39-29-34(65-33-8-4-3-5-9-33)12-14-36(39)45(61)37-15-16-40-44(37)46(52-30-51-40)53-31-19-22-57(23-20-31)43(60)10-6-1-2-7-21-55-24-26-56(27-25-55)32-11-13-35-38(28-32)49(64)58(48(35)63)41-17-18-42(59)54-47(41)62/h3-5,8-9,11-15,28-31,41H,1-2,6-7,10,16-27H2,(H,51,52,53)(H,54,59,62). The number of benzene rings is 3. The maximum atomic E-state index is 13.9. The summed E-state index contributed by atoms with van der Waals surface area (Å²) in [6, 6.07) is 18.9. The van der Waals surface area contributed by atoms with Gasteiger partial charge in [0.2, 0.25) is 17.7 Å². The van der Waals surface area contributed by atoms with Gasteiger partial charge in [-0.1, -0.05) is 48.7 Å². The van der Waals surface area contributed by atoms with Crippen molar-refractivity contribution in [3.63, 3.8) is 0 Å². The summed E-state index contributed by atoms with van der Waals surface area (Å²) < 4.78 is 5.90. The predicted molar refractivity (Wildman–Crippen MR) is 244 cm³/mol. The summed E-state index contributed by atoms with van der Waals surface area (Å²) in [6.45, 7) is 5.62. The third-order valence-electron chi connectivity index (χ3n) is 13.1. The van der Waals surface area contributed by atoms with E-state index in [-0.39, 0.29) is 36.1 Å². The van der Waals surface area contributed by atoms with Crippen molar-refractivity contribution < 1.29 is 33.5 Å². The number of hydrogen-bond donors (Lipinski definition) is 2. The number of carbonyl (C=O) groups excluding carboxylic acids is 6. The number of Topliss-reactive ketones (excluding diaryl/α,β-unsaturated/α-hetero) is 1. The van der Waals surface area contributed by atoms with Crippen LogP contribution in [0.15, 0.2) is 79.1 Å². The Bertz CT molecular complexity index is 2550. The Hall–Kier alpha value is -6.45. The summed E-state index contributed by atoms with van der Waals surface area (Å²) in [5, 5.41) is 6.11. The predicted octanol–water partition coefficient (Wildman–Crippen LogP) is 6.32. The van der Waals surface area contributed by atoms with Gasteiger partial charge in [-0.15, -0.1) is 0 Å². The first-order valence-corrected chi connectivity index (χ1v) is 23.0. The van der Waals surface area contributed by atoms with Crippen LogP contribution >= 0.6 is 11.6 Å². The Kier molecular flexibility index (Phi) is 13.0. The molecule has 65 heavy (non-hydrogen) atoms. The average Bonchev–Trinajstić information content (AvgIpc) is 3.86. The monoisotopic (exact) mass is 898 g/mol. The van der Waals surface area contributed by atoms with E-state index in [2.05, 4.69) is 30.4 Å². The van der Waals surface area contributed by atoms with Crippen LogP contribution < -0.4 is 20.3 Å². The summed E-state index contributed by atoms with van der Waals surface area (Å²) in [5.41, 5.74) is 3.84. The molecule has 9 rings (SSSR count). The molecule has 1 aliphatic carbocycles. The second kappa shape index (κ2) is 19.3. The number of ether oxygens (including phenoxy) is 1. The van der Waals surface area contributed by atoms with Crippen LogP contribution in [0.2, 0.25) is 5.02 Å². The number of para-hydroxylation sites is 1. The molecule has 15 nitrogen and oxygen atoms in total. The van der Waals surface area contributed by atoms with E-state index in [1.807, 2.05) is 47.4 Å². The fourth-order valence-electron chi connectivity index (χ4n) is 9.46. The van der Waals surface area contributed by atoms with Crippen LogP contribution in [0.4, 0.5) is 11.5 Å². The lowest BCUT2D eigenvalue weighted by atomic mass is 9.98. The van der Waals surface area contributed by atoms with E-state index in [9.17, 15) is 28.8 Å². The molecule has 0 bridgehead atoms. The number of carbonyl (C=O) groups is 6. The Morgan fingerprint density at radius 3 is 2.34 bits per heavy atom. The number of nitrogens with one attached hydrogen (secondary N) is 2. The first-order chi connectivity index (χ1) is 31.6. The number of amides is 5. The molecule has 0 spiro atoms. The van der Waals surface area contributed by atoms with Gasteiger partial charge in [-0.05, 0) is 81.1 Å². The Labute approximate surface area is 382 Å². The number of piperidine rings is 2. The number of imide groups is 2. The van der Waals surface area contributed by atoms with E-state index in [4.69, 9.17) is 16.3 Å². The van der Waals surface area contributed by atoms with E-state index < -0.39 is 29.7 Å². The molecular weight excluding hydrogens is 848 g/mol. The number of ketones is 1. The van der Waals surface area contributed by atoms with E-state index >= 15 is 0 Å². The molecule has 1 atom stereocenters. The van der Waals surface area contributed by atoms with Crippen LogP contribution in [-0.2, 0) is 20.8 Å². The van der Waals surface area contributed by atoms with Crippen molar-refractivity contribution in [2.24, 2.45) is 0 Å². The normalized spacial score (nSPS) is 18.9. The maximum absolute atomic E-state index is 13.9. The molecule has 0 radical (unpaired) electrons. The van der Waals surface area contributed by atoms with Crippen LogP contribution in [0.5, 0.6) is 11.5 Å². The molecule has 4 aliphatic heterocycles. The van der Waals surface area contributed by atoms with Crippen molar-refractivity contribution in [1.29, 1.82) is 0 Å². The number of unbranched alkanes of at least 4 members (excludes halogenated alkanes) is 3. The minimum Gasteiger partial charge on any atom is -0.457 e.